The maximum Gasteiger partial charge on any atom is 0.318 e. The molecular weight excluding hydrogens is 186 g/mol. The second kappa shape index (κ2) is 4.09. The molecule has 1 aromatic rings. The summed E-state index contributed by atoms with van der Waals surface area (Å²) in [7, 11) is 0. The summed E-state index contributed by atoms with van der Waals surface area (Å²) in [6.07, 6.45) is 1.39. The molecule has 0 saturated heterocycles. The average Bonchev–Trinajstić information content (AvgIpc) is 2.46. The lowest BCUT2D eigenvalue weighted by atomic mass is 10.1. The molecule has 0 radical (unpaired) electrons. The smallest absolute Gasteiger partial charge is 0.307 e. The first-order valence-electron chi connectivity index (χ1n) is 4.59. The van der Waals surface area contributed by atoms with Crippen LogP contribution in [0, 0.1) is 0 Å². The third-order valence-corrected chi connectivity index (χ3v) is 1.88. The Morgan fingerprint density at radius 2 is 2.07 bits per heavy atom. The predicted octanol–water partition coefficient (Wildman–Crippen LogP) is 2.77. The summed E-state index contributed by atoms with van der Waals surface area (Å²) >= 11 is 0. The van der Waals surface area contributed by atoms with Crippen LogP contribution >= 0.6 is 0 Å². The molecule has 0 aliphatic heterocycles. The topological polar surface area (TPSA) is 17.0 Å². The summed E-state index contributed by atoms with van der Waals surface area (Å²) in [5.74, 6) is 0. The van der Waals surface area contributed by atoms with Gasteiger partial charge in [0.1, 0.15) is 0 Å². The average molecular weight is 202 g/mol. The molecule has 4 heteroatoms. The molecule has 0 amide bonds. The van der Waals surface area contributed by atoms with Gasteiger partial charge in [-0.25, -0.2) is 0 Å². The van der Waals surface area contributed by atoms with Crippen molar-refractivity contribution in [2.24, 2.45) is 0 Å². The maximum atomic E-state index is 12.4. The van der Waals surface area contributed by atoms with E-state index in [0.29, 0.717) is 12.2 Å². The van der Waals surface area contributed by atoms with Crippen LogP contribution in [0.15, 0.2) is 18.3 Å². The molecule has 0 aliphatic carbocycles. The normalized spacial score (nSPS) is 12.4. The van der Waals surface area contributed by atoms with E-state index in [2.05, 4.69) is 5.32 Å². The highest BCUT2D eigenvalue weighted by atomic mass is 19.3. The molecule has 0 unspecified atom stereocenters. The lowest BCUT2D eigenvalue weighted by molar-refractivity contribution is 0.0671. The van der Waals surface area contributed by atoms with E-state index < -0.39 is 6.55 Å². The highest BCUT2D eigenvalue weighted by Crippen LogP contribution is 2.15. The molecule has 0 aromatic carbocycles. The summed E-state index contributed by atoms with van der Waals surface area (Å²) in [5, 5.41) is 3.17. The fourth-order valence-corrected chi connectivity index (χ4v) is 1.12. The van der Waals surface area contributed by atoms with Crippen LogP contribution in [0.1, 0.15) is 33.0 Å². The van der Waals surface area contributed by atoms with Crippen LogP contribution in [0.25, 0.3) is 0 Å². The van der Waals surface area contributed by atoms with Gasteiger partial charge in [0, 0.05) is 24.0 Å². The second-order valence-corrected chi connectivity index (χ2v) is 4.29. The number of hydrogen-bond acceptors (Lipinski definition) is 1. The van der Waals surface area contributed by atoms with Gasteiger partial charge in [-0.15, -0.1) is 0 Å². The first-order valence-corrected chi connectivity index (χ1v) is 4.59. The van der Waals surface area contributed by atoms with E-state index in [1.807, 2.05) is 20.8 Å². The largest absolute Gasteiger partial charge is 0.318 e. The van der Waals surface area contributed by atoms with Gasteiger partial charge in [-0.2, -0.15) is 8.78 Å². The molecular formula is C10H16F2N2. The van der Waals surface area contributed by atoms with Crippen LogP contribution in [0.2, 0.25) is 0 Å². The Kier molecular flexibility index (Phi) is 3.26. The predicted molar refractivity (Wildman–Crippen MR) is 52.3 cm³/mol. The minimum atomic E-state index is -2.46. The van der Waals surface area contributed by atoms with Gasteiger partial charge in [-0.3, -0.25) is 4.57 Å². The van der Waals surface area contributed by atoms with Crippen molar-refractivity contribution in [3.63, 3.8) is 0 Å². The number of nitrogens with one attached hydrogen (secondary N) is 1. The zero-order valence-corrected chi connectivity index (χ0v) is 8.72. The van der Waals surface area contributed by atoms with Gasteiger partial charge in [-0.1, -0.05) is 0 Å². The maximum absolute atomic E-state index is 12.4. The van der Waals surface area contributed by atoms with Crippen LogP contribution in [0.3, 0.4) is 0 Å². The number of alkyl halides is 2. The molecule has 2 nitrogen and oxygen atoms in total. The first kappa shape index (κ1) is 11.2. The minimum absolute atomic E-state index is 0.0583. The zero-order valence-electron chi connectivity index (χ0n) is 8.72. The summed E-state index contributed by atoms with van der Waals surface area (Å²) in [6.45, 7) is 4.01. The first-order chi connectivity index (χ1) is 6.40. The van der Waals surface area contributed by atoms with E-state index in [1.54, 1.807) is 12.1 Å². The van der Waals surface area contributed by atoms with Gasteiger partial charge in [0.05, 0.1) is 0 Å². The Balaban J connectivity index is 2.63. The van der Waals surface area contributed by atoms with Crippen molar-refractivity contribution in [1.29, 1.82) is 0 Å². The van der Waals surface area contributed by atoms with E-state index in [1.165, 1.54) is 6.20 Å². The van der Waals surface area contributed by atoms with Crippen LogP contribution in [-0.2, 0) is 6.54 Å². The molecule has 1 rings (SSSR count). The number of halogens is 2. The van der Waals surface area contributed by atoms with Crippen LogP contribution < -0.4 is 5.32 Å². The second-order valence-electron chi connectivity index (χ2n) is 4.29. The van der Waals surface area contributed by atoms with Gasteiger partial charge in [0.15, 0.2) is 0 Å². The van der Waals surface area contributed by atoms with Crippen molar-refractivity contribution >= 4 is 0 Å². The zero-order chi connectivity index (χ0) is 10.8. The molecule has 0 bridgehead atoms. The Hall–Kier alpha value is -0.900. The summed E-state index contributed by atoms with van der Waals surface area (Å²) in [4.78, 5) is 0. The monoisotopic (exact) mass is 202 g/mol. The minimum Gasteiger partial charge on any atom is -0.307 e. The van der Waals surface area contributed by atoms with Gasteiger partial charge in [0.2, 0.25) is 0 Å². The summed E-state index contributed by atoms with van der Waals surface area (Å²) < 4.78 is 25.8. The van der Waals surface area contributed by atoms with Gasteiger partial charge < -0.3 is 5.32 Å². The third-order valence-electron chi connectivity index (χ3n) is 1.88. The van der Waals surface area contributed by atoms with Crippen molar-refractivity contribution in [2.45, 2.75) is 39.4 Å². The van der Waals surface area contributed by atoms with E-state index in [4.69, 9.17) is 0 Å². The molecule has 0 fully saturated rings. The molecule has 14 heavy (non-hydrogen) atoms. The molecule has 0 atom stereocenters. The number of nitrogens with zero attached hydrogens (tertiary/aromatic N) is 1. The standard InChI is InChI=1S/C10H16F2N2/c1-10(2,3)13-7-8-5-4-6-14(8)9(11)12/h4-6,9,13H,7H2,1-3H3. The van der Waals surface area contributed by atoms with E-state index in [-0.39, 0.29) is 5.54 Å². The number of hydrogen-bond donors (Lipinski definition) is 1. The van der Waals surface area contributed by atoms with Crippen LogP contribution in [-0.4, -0.2) is 10.1 Å². The molecule has 1 heterocycles. The van der Waals surface area contributed by atoms with Crippen molar-refractivity contribution in [3.05, 3.63) is 24.0 Å². The number of aromatic nitrogens is 1. The van der Waals surface area contributed by atoms with E-state index >= 15 is 0 Å². The fraction of sp³-hybridized carbons (Fsp3) is 0.600. The summed E-state index contributed by atoms with van der Waals surface area (Å²) in [5.41, 5.74) is 0.548. The highest BCUT2D eigenvalue weighted by molar-refractivity contribution is 5.07. The van der Waals surface area contributed by atoms with Gasteiger partial charge >= 0.3 is 6.55 Å². The molecule has 1 N–H and O–H groups in total. The van der Waals surface area contributed by atoms with Crippen molar-refractivity contribution in [3.8, 4) is 0 Å². The third kappa shape index (κ3) is 3.10. The van der Waals surface area contributed by atoms with E-state index in [9.17, 15) is 8.78 Å². The number of rotatable bonds is 3. The van der Waals surface area contributed by atoms with Gasteiger partial charge in [-0.05, 0) is 32.9 Å². The molecule has 0 saturated carbocycles. The van der Waals surface area contributed by atoms with Crippen molar-refractivity contribution in [2.75, 3.05) is 0 Å². The quantitative estimate of drug-likeness (QED) is 0.797. The lowest BCUT2D eigenvalue weighted by Gasteiger charge is -2.21. The van der Waals surface area contributed by atoms with Gasteiger partial charge in [0.25, 0.3) is 0 Å². The molecule has 0 spiro atoms. The molecule has 0 aliphatic rings. The Bertz CT molecular complexity index is 287. The highest BCUT2D eigenvalue weighted by Gasteiger charge is 2.13. The lowest BCUT2D eigenvalue weighted by Crippen LogP contribution is -2.35. The fourth-order valence-electron chi connectivity index (χ4n) is 1.12. The summed E-state index contributed by atoms with van der Waals surface area (Å²) in [6, 6.07) is 3.33. The molecule has 80 valence electrons. The SMILES string of the molecule is CC(C)(C)NCc1cccn1C(F)F. The Morgan fingerprint density at radius 3 is 2.57 bits per heavy atom. The van der Waals surface area contributed by atoms with Crippen LogP contribution in [0.5, 0.6) is 0 Å². The molecule has 1 aromatic heterocycles. The van der Waals surface area contributed by atoms with Crippen molar-refractivity contribution in [1.82, 2.24) is 9.88 Å². The Morgan fingerprint density at radius 1 is 1.43 bits per heavy atom. The van der Waals surface area contributed by atoms with Crippen LogP contribution in [0.4, 0.5) is 8.78 Å². The van der Waals surface area contributed by atoms with E-state index in [0.717, 1.165) is 4.57 Å². The van der Waals surface area contributed by atoms with Crippen molar-refractivity contribution < 1.29 is 8.78 Å². The Labute approximate surface area is 82.9 Å².